The summed E-state index contributed by atoms with van der Waals surface area (Å²) in [5.74, 6) is -0.742. The van der Waals surface area contributed by atoms with E-state index in [1.54, 1.807) is 19.1 Å². The molecule has 8 nitrogen and oxygen atoms in total. The fourth-order valence-electron chi connectivity index (χ4n) is 2.76. The summed E-state index contributed by atoms with van der Waals surface area (Å²) >= 11 is 0. The van der Waals surface area contributed by atoms with Crippen LogP contribution in [0.25, 0.3) is 0 Å². The highest BCUT2D eigenvalue weighted by Gasteiger charge is 2.26. The van der Waals surface area contributed by atoms with E-state index in [0.717, 1.165) is 18.8 Å². The second-order valence-corrected chi connectivity index (χ2v) is 6.03. The number of phenolic OH excluding ortho intramolecular Hbond substituents is 1. The summed E-state index contributed by atoms with van der Waals surface area (Å²) < 4.78 is 0. The highest BCUT2D eigenvalue weighted by atomic mass is 16.3. The monoisotopic (exact) mass is 359 g/mol. The number of carbonyl (C=O) groups excluding carboxylic acids is 2. The van der Waals surface area contributed by atoms with Gasteiger partial charge in [0.05, 0.1) is 12.1 Å². The Bertz CT molecular complexity index is 726. The van der Waals surface area contributed by atoms with Gasteiger partial charge >= 0.3 is 0 Å². The van der Waals surface area contributed by atoms with Gasteiger partial charge < -0.3 is 10.0 Å². The summed E-state index contributed by atoms with van der Waals surface area (Å²) in [6.07, 6.45) is 1.94. The molecule has 1 aromatic rings. The van der Waals surface area contributed by atoms with Crippen LogP contribution in [-0.2, 0) is 9.59 Å². The molecule has 0 fully saturated rings. The van der Waals surface area contributed by atoms with Gasteiger partial charge in [-0.15, -0.1) is 0 Å². The molecule has 1 aliphatic rings. The smallest absolute Gasteiger partial charge is 0.248 e. The third-order valence-electron chi connectivity index (χ3n) is 4.36. The summed E-state index contributed by atoms with van der Waals surface area (Å²) in [5.41, 5.74) is 6.93. The molecule has 0 aliphatic carbocycles. The van der Waals surface area contributed by atoms with E-state index in [2.05, 4.69) is 26.0 Å². The maximum absolute atomic E-state index is 11.8. The molecule has 1 aliphatic heterocycles. The second-order valence-electron chi connectivity index (χ2n) is 6.03. The van der Waals surface area contributed by atoms with E-state index in [-0.39, 0.29) is 29.9 Å². The minimum atomic E-state index is -0.360. The van der Waals surface area contributed by atoms with Crippen molar-refractivity contribution in [3.8, 4) is 5.75 Å². The van der Waals surface area contributed by atoms with Crippen LogP contribution in [0.1, 0.15) is 39.2 Å². The van der Waals surface area contributed by atoms with Crippen molar-refractivity contribution in [2.75, 3.05) is 18.0 Å². The Kier molecular flexibility index (Phi) is 6.71. The Morgan fingerprint density at radius 3 is 2.73 bits per heavy atom. The average Bonchev–Trinajstić information content (AvgIpc) is 2.94. The van der Waals surface area contributed by atoms with Gasteiger partial charge in [0.25, 0.3) is 0 Å². The van der Waals surface area contributed by atoms with E-state index in [1.165, 1.54) is 6.21 Å². The predicted octanol–water partition coefficient (Wildman–Crippen LogP) is 1.59. The number of hydrogen-bond acceptors (Lipinski definition) is 6. The third-order valence-corrected chi connectivity index (χ3v) is 4.36. The van der Waals surface area contributed by atoms with Crippen molar-refractivity contribution in [3.05, 3.63) is 23.8 Å². The molecular formula is C18H25N5O3. The minimum absolute atomic E-state index is 0.0989. The predicted molar refractivity (Wildman–Crippen MR) is 101 cm³/mol. The van der Waals surface area contributed by atoms with Gasteiger partial charge in [-0.05, 0) is 39.3 Å². The van der Waals surface area contributed by atoms with Gasteiger partial charge in [0, 0.05) is 42.5 Å². The first-order valence-electron chi connectivity index (χ1n) is 8.70. The third kappa shape index (κ3) is 4.81. The van der Waals surface area contributed by atoms with Crippen molar-refractivity contribution in [1.82, 2.24) is 10.9 Å². The van der Waals surface area contributed by atoms with E-state index in [1.807, 2.05) is 19.9 Å². The molecule has 2 rings (SSSR count). The zero-order chi connectivity index (χ0) is 19.1. The van der Waals surface area contributed by atoms with Crippen LogP contribution in [0, 0.1) is 5.92 Å². The van der Waals surface area contributed by atoms with E-state index in [9.17, 15) is 14.7 Å². The minimum Gasteiger partial charge on any atom is -0.507 e. The second kappa shape index (κ2) is 8.98. The van der Waals surface area contributed by atoms with Gasteiger partial charge in [-0.25, -0.2) is 10.9 Å². The van der Waals surface area contributed by atoms with Crippen LogP contribution in [0.2, 0.25) is 0 Å². The van der Waals surface area contributed by atoms with Crippen LogP contribution in [-0.4, -0.2) is 41.9 Å². The maximum Gasteiger partial charge on any atom is 0.248 e. The Morgan fingerprint density at radius 2 is 2.15 bits per heavy atom. The summed E-state index contributed by atoms with van der Waals surface area (Å²) in [4.78, 5) is 25.5. The van der Waals surface area contributed by atoms with Crippen molar-refractivity contribution < 1.29 is 14.7 Å². The molecule has 1 atom stereocenters. The lowest BCUT2D eigenvalue weighted by molar-refractivity contribution is -0.123. The highest BCUT2D eigenvalue weighted by Crippen LogP contribution is 2.23. The molecular weight excluding hydrogens is 334 g/mol. The number of nitrogens with zero attached hydrogens (tertiary/aromatic N) is 3. The van der Waals surface area contributed by atoms with Gasteiger partial charge in [0.1, 0.15) is 5.75 Å². The number of benzene rings is 1. The van der Waals surface area contributed by atoms with Crippen molar-refractivity contribution in [2.45, 2.75) is 33.6 Å². The van der Waals surface area contributed by atoms with Crippen LogP contribution in [0.3, 0.4) is 0 Å². The van der Waals surface area contributed by atoms with Gasteiger partial charge in [0.2, 0.25) is 11.8 Å². The van der Waals surface area contributed by atoms with Gasteiger partial charge in [-0.2, -0.15) is 10.2 Å². The van der Waals surface area contributed by atoms with Gasteiger partial charge in [-0.1, -0.05) is 0 Å². The molecule has 1 unspecified atom stereocenters. The van der Waals surface area contributed by atoms with Gasteiger partial charge in [0.15, 0.2) is 0 Å². The van der Waals surface area contributed by atoms with E-state index < -0.39 is 0 Å². The first-order chi connectivity index (χ1) is 12.5. The fourth-order valence-corrected chi connectivity index (χ4v) is 2.76. The highest BCUT2D eigenvalue weighted by molar-refractivity contribution is 6.07. The van der Waals surface area contributed by atoms with Crippen molar-refractivity contribution in [1.29, 1.82) is 0 Å². The van der Waals surface area contributed by atoms with Crippen molar-refractivity contribution in [3.63, 3.8) is 0 Å². The Hall–Kier alpha value is -2.90. The average molecular weight is 359 g/mol. The number of carbonyl (C=O) groups is 2. The molecule has 0 saturated carbocycles. The van der Waals surface area contributed by atoms with Crippen LogP contribution >= 0.6 is 0 Å². The summed E-state index contributed by atoms with van der Waals surface area (Å²) in [5, 5.41) is 17.8. The molecule has 0 bridgehead atoms. The molecule has 2 amide bonds. The Balaban J connectivity index is 1.86. The van der Waals surface area contributed by atoms with E-state index >= 15 is 0 Å². The number of hydrogen-bond donors (Lipinski definition) is 3. The number of nitrogens with one attached hydrogen (secondary N) is 2. The number of rotatable bonds is 8. The maximum atomic E-state index is 11.8. The molecule has 140 valence electrons. The molecule has 1 heterocycles. The first-order valence-corrected chi connectivity index (χ1v) is 8.70. The number of anilines is 1. The Morgan fingerprint density at radius 1 is 1.42 bits per heavy atom. The number of amides is 2. The molecule has 8 heteroatoms. The number of phenols is 1. The summed E-state index contributed by atoms with van der Waals surface area (Å²) in [6, 6.07) is 5.33. The molecule has 3 N–H and O–H groups in total. The van der Waals surface area contributed by atoms with Crippen LogP contribution < -0.4 is 15.8 Å². The summed E-state index contributed by atoms with van der Waals surface area (Å²) in [6.45, 7) is 7.55. The van der Waals surface area contributed by atoms with E-state index in [0.29, 0.717) is 17.7 Å². The number of aromatic hydroxyl groups is 1. The molecule has 1 aromatic carbocycles. The summed E-state index contributed by atoms with van der Waals surface area (Å²) in [7, 11) is 0. The first kappa shape index (κ1) is 19.4. The fraction of sp³-hybridized carbons (Fsp3) is 0.444. The van der Waals surface area contributed by atoms with Crippen molar-refractivity contribution >= 4 is 29.4 Å². The van der Waals surface area contributed by atoms with Crippen LogP contribution in [0.4, 0.5) is 5.69 Å². The zero-order valence-corrected chi connectivity index (χ0v) is 15.3. The molecule has 0 radical (unpaired) electrons. The number of hydrazone groups is 2. The van der Waals surface area contributed by atoms with Gasteiger partial charge in [-0.3, -0.25) is 9.59 Å². The largest absolute Gasteiger partial charge is 0.507 e. The van der Waals surface area contributed by atoms with Crippen molar-refractivity contribution in [2.24, 2.45) is 16.1 Å². The molecule has 0 saturated heterocycles. The lowest BCUT2D eigenvalue weighted by Gasteiger charge is -2.21. The topological polar surface area (TPSA) is 106 Å². The zero-order valence-electron chi connectivity index (χ0n) is 15.3. The molecule has 0 spiro atoms. The van der Waals surface area contributed by atoms with E-state index in [4.69, 9.17) is 0 Å². The normalized spacial score (nSPS) is 16.5. The molecule has 0 aromatic heterocycles. The standard InChI is InChI=1S/C18H25N5O3/c1-4-23(5-2)14-7-6-13(16(24)10-14)11-19-21-17(25)9-8-15-12(3)20-22-18(15)26/h6-7,10-11,15,24H,4-5,8-9H2,1-3H3,(H,21,25)(H,22,26). The molecule has 26 heavy (non-hydrogen) atoms. The quantitative estimate of drug-likeness (QED) is 0.484. The SMILES string of the molecule is CCN(CC)c1ccc(C=NNC(=O)CCC2C(=O)NN=C2C)c(O)c1. The Labute approximate surface area is 153 Å². The lowest BCUT2D eigenvalue weighted by Crippen LogP contribution is -2.25. The lowest BCUT2D eigenvalue weighted by atomic mass is 9.99. The van der Waals surface area contributed by atoms with Crippen LogP contribution in [0.15, 0.2) is 28.4 Å². The van der Waals surface area contributed by atoms with Crippen LogP contribution in [0.5, 0.6) is 5.75 Å².